The number of pyridine rings is 2. The van der Waals surface area contributed by atoms with Crippen molar-refractivity contribution in [3.63, 3.8) is 0 Å². The SMILES string of the molecule is C=CC(=O)C1CN(c2c(C#N)c(=O)n(Cc3ccc(F)cc3)c3ccncc23)C1. The number of halogens is 1. The summed E-state index contributed by atoms with van der Waals surface area (Å²) in [6.07, 6.45) is 4.50. The Morgan fingerprint density at radius 1 is 1.31 bits per heavy atom. The number of hydrogen-bond donors (Lipinski definition) is 0. The highest BCUT2D eigenvalue weighted by Crippen LogP contribution is 2.33. The third kappa shape index (κ3) is 3.19. The summed E-state index contributed by atoms with van der Waals surface area (Å²) in [5, 5.41) is 10.4. The first-order chi connectivity index (χ1) is 14.0. The van der Waals surface area contributed by atoms with Gasteiger partial charge >= 0.3 is 0 Å². The lowest BCUT2D eigenvalue weighted by Gasteiger charge is -2.40. The van der Waals surface area contributed by atoms with E-state index in [9.17, 15) is 19.2 Å². The molecule has 0 spiro atoms. The Labute approximate surface area is 166 Å². The number of nitriles is 1. The summed E-state index contributed by atoms with van der Waals surface area (Å²) in [7, 11) is 0. The average molecular weight is 388 g/mol. The van der Waals surface area contributed by atoms with E-state index in [1.807, 2.05) is 11.0 Å². The molecule has 1 aliphatic rings. The molecule has 7 heteroatoms. The van der Waals surface area contributed by atoms with E-state index in [-0.39, 0.29) is 29.6 Å². The van der Waals surface area contributed by atoms with E-state index in [0.29, 0.717) is 29.7 Å². The van der Waals surface area contributed by atoms with E-state index in [4.69, 9.17) is 0 Å². The Morgan fingerprint density at radius 2 is 2.03 bits per heavy atom. The molecule has 0 aliphatic carbocycles. The van der Waals surface area contributed by atoms with Crippen molar-refractivity contribution in [1.29, 1.82) is 5.26 Å². The fourth-order valence-corrected chi connectivity index (χ4v) is 3.65. The molecule has 1 saturated heterocycles. The fourth-order valence-electron chi connectivity index (χ4n) is 3.65. The van der Waals surface area contributed by atoms with Crippen LogP contribution in [0.15, 0.2) is 60.2 Å². The third-order valence-corrected chi connectivity index (χ3v) is 5.21. The number of benzene rings is 1. The van der Waals surface area contributed by atoms with Crippen molar-refractivity contribution in [3.8, 4) is 6.07 Å². The summed E-state index contributed by atoms with van der Waals surface area (Å²) < 4.78 is 14.7. The van der Waals surface area contributed by atoms with Crippen LogP contribution in [-0.4, -0.2) is 28.4 Å². The van der Waals surface area contributed by atoms with Gasteiger partial charge in [0.05, 0.1) is 23.7 Å². The quantitative estimate of drug-likeness (QED) is 0.628. The molecule has 1 aromatic carbocycles. The Balaban J connectivity index is 1.84. The van der Waals surface area contributed by atoms with E-state index in [1.165, 1.54) is 22.8 Å². The van der Waals surface area contributed by atoms with E-state index >= 15 is 0 Å². The van der Waals surface area contributed by atoms with E-state index < -0.39 is 5.56 Å². The molecule has 0 saturated carbocycles. The summed E-state index contributed by atoms with van der Waals surface area (Å²) >= 11 is 0. The van der Waals surface area contributed by atoms with Crippen LogP contribution in [-0.2, 0) is 11.3 Å². The first kappa shape index (κ1) is 18.6. The maximum Gasteiger partial charge on any atom is 0.271 e. The van der Waals surface area contributed by atoms with Gasteiger partial charge in [-0.15, -0.1) is 0 Å². The van der Waals surface area contributed by atoms with E-state index in [0.717, 1.165) is 5.56 Å². The standard InChI is InChI=1S/C22H17FN4O2/c1-2-20(28)15-12-26(13-15)21-17(9-24)22(29)27(19-7-8-25-10-18(19)21)11-14-3-5-16(23)6-4-14/h2-8,10,15H,1,11-13H2. The summed E-state index contributed by atoms with van der Waals surface area (Å²) in [5.41, 5.74) is 1.45. The Kier molecular flexibility index (Phi) is 4.69. The van der Waals surface area contributed by atoms with Crippen molar-refractivity contribution in [2.45, 2.75) is 6.54 Å². The number of hydrogen-bond acceptors (Lipinski definition) is 5. The summed E-state index contributed by atoms with van der Waals surface area (Å²) in [5.74, 6) is -0.594. The van der Waals surface area contributed by atoms with Crippen molar-refractivity contribution < 1.29 is 9.18 Å². The van der Waals surface area contributed by atoms with Crippen LogP contribution in [0.2, 0.25) is 0 Å². The number of nitrogens with zero attached hydrogens (tertiary/aromatic N) is 4. The van der Waals surface area contributed by atoms with Gasteiger partial charge in [-0.05, 0) is 29.8 Å². The molecule has 0 bridgehead atoms. The number of fused-ring (bicyclic) bond motifs is 1. The minimum atomic E-state index is -0.427. The molecule has 3 heterocycles. The second-order valence-electron chi connectivity index (χ2n) is 6.95. The van der Waals surface area contributed by atoms with Crippen LogP contribution in [0.1, 0.15) is 11.1 Å². The molecule has 29 heavy (non-hydrogen) atoms. The lowest BCUT2D eigenvalue weighted by molar-refractivity contribution is -0.118. The topological polar surface area (TPSA) is 79.0 Å². The average Bonchev–Trinajstić information content (AvgIpc) is 2.71. The van der Waals surface area contributed by atoms with Gasteiger partial charge in [-0.3, -0.25) is 14.6 Å². The molecule has 0 N–H and O–H groups in total. The first-order valence-corrected chi connectivity index (χ1v) is 9.09. The van der Waals surface area contributed by atoms with Crippen molar-refractivity contribution in [1.82, 2.24) is 9.55 Å². The minimum Gasteiger partial charge on any atom is -0.368 e. The first-order valence-electron chi connectivity index (χ1n) is 9.09. The normalized spacial score (nSPS) is 13.7. The van der Waals surface area contributed by atoms with Gasteiger partial charge in [0.15, 0.2) is 5.78 Å². The second-order valence-corrected chi connectivity index (χ2v) is 6.95. The molecule has 2 aromatic heterocycles. The maximum absolute atomic E-state index is 13.2. The van der Waals surface area contributed by atoms with Crippen LogP contribution in [0, 0.1) is 23.1 Å². The van der Waals surface area contributed by atoms with Crippen LogP contribution >= 0.6 is 0 Å². The predicted molar refractivity (Wildman–Crippen MR) is 107 cm³/mol. The molecule has 144 valence electrons. The lowest BCUT2D eigenvalue weighted by atomic mass is 9.93. The van der Waals surface area contributed by atoms with Gasteiger partial charge in [0.2, 0.25) is 0 Å². The smallest absolute Gasteiger partial charge is 0.271 e. The van der Waals surface area contributed by atoms with Crippen LogP contribution in [0.25, 0.3) is 10.9 Å². The van der Waals surface area contributed by atoms with Crippen LogP contribution in [0.3, 0.4) is 0 Å². The molecule has 0 atom stereocenters. The van der Waals surface area contributed by atoms with Gasteiger partial charge in [0.1, 0.15) is 17.4 Å². The maximum atomic E-state index is 13.2. The lowest BCUT2D eigenvalue weighted by Crippen LogP contribution is -2.51. The Hall–Kier alpha value is -3.79. The highest BCUT2D eigenvalue weighted by molar-refractivity contribution is 5.97. The van der Waals surface area contributed by atoms with Crippen LogP contribution in [0.4, 0.5) is 10.1 Å². The molecule has 6 nitrogen and oxygen atoms in total. The van der Waals surface area contributed by atoms with Gasteiger partial charge < -0.3 is 9.47 Å². The monoisotopic (exact) mass is 388 g/mol. The molecule has 3 aromatic rings. The minimum absolute atomic E-state index is 0.0112. The fraction of sp³-hybridized carbons (Fsp3) is 0.182. The molecule has 0 amide bonds. The zero-order chi connectivity index (χ0) is 20.5. The van der Waals surface area contributed by atoms with Crippen molar-refractivity contribution in [2.75, 3.05) is 18.0 Å². The number of aromatic nitrogens is 2. The summed E-state index contributed by atoms with van der Waals surface area (Å²) in [6.45, 7) is 4.55. The van der Waals surface area contributed by atoms with Gasteiger partial charge in [0.25, 0.3) is 5.56 Å². The Bertz CT molecular complexity index is 1220. The predicted octanol–water partition coefficient (Wildman–Crippen LogP) is 2.65. The zero-order valence-corrected chi connectivity index (χ0v) is 15.5. The highest BCUT2D eigenvalue weighted by Gasteiger charge is 2.34. The Morgan fingerprint density at radius 3 is 2.69 bits per heavy atom. The number of carbonyl (C=O) groups excluding carboxylic acids is 1. The number of anilines is 1. The van der Waals surface area contributed by atoms with Gasteiger partial charge in [-0.1, -0.05) is 18.7 Å². The van der Waals surface area contributed by atoms with Gasteiger partial charge in [0, 0.05) is 30.9 Å². The molecule has 4 rings (SSSR count). The number of allylic oxidation sites excluding steroid dienone is 1. The van der Waals surface area contributed by atoms with Crippen molar-refractivity contribution in [2.24, 2.45) is 5.92 Å². The third-order valence-electron chi connectivity index (χ3n) is 5.21. The van der Waals surface area contributed by atoms with Crippen LogP contribution < -0.4 is 10.5 Å². The number of carbonyl (C=O) groups is 1. The summed E-state index contributed by atoms with van der Waals surface area (Å²) in [4.78, 5) is 31.0. The highest BCUT2D eigenvalue weighted by atomic mass is 19.1. The largest absolute Gasteiger partial charge is 0.368 e. The van der Waals surface area contributed by atoms with Gasteiger partial charge in [-0.2, -0.15) is 5.26 Å². The molecular weight excluding hydrogens is 371 g/mol. The number of rotatable bonds is 5. The molecule has 1 aliphatic heterocycles. The van der Waals surface area contributed by atoms with E-state index in [1.54, 1.807) is 30.6 Å². The van der Waals surface area contributed by atoms with Crippen molar-refractivity contribution in [3.05, 3.63) is 82.7 Å². The van der Waals surface area contributed by atoms with Gasteiger partial charge in [-0.25, -0.2) is 4.39 Å². The molecule has 0 unspecified atom stereocenters. The van der Waals surface area contributed by atoms with Crippen LogP contribution in [0.5, 0.6) is 0 Å². The second kappa shape index (κ2) is 7.32. The number of ketones is 1. The molecule has 1 fully saturated rings. The zero-order valence-electron chi connectivity index (χ0n) is 15.5. The molecular formula is C22H17FN4O2. The summed E-state index contributed by atoms with van der Waals surface area (Å²) in [6, 6.07) is 9.63. The van der Waals surface area contributed by atoms with Crippen molar-refractivity contribution >= 4 is 22.4 Å². The van der Waals surface area contributed by atoms with E-state index in [2.05, 4.69) is 11.6 Å². The molecule has 0 radical (unpaired) electrons.